The quantitative estimate of drug-likeness (QED) is 0.867. The molecule has 7 heteroatoms. The second-order valence-electron chi connectivity index (χ2n) is 6.58. The second kappa shape index (κ2) is 8.20. The molecule has 0 spiro atoms. The highest BCUT2D eigenvalue weighted by molar-refractivity contribution is 5.92. The van der Waals surface area contributed by atoms with E-state index >= 15 is 0 Å². The summed E-state index contributed by atoms with van der Waals surface area (Å²) in [4.78, 5) is 14.5. The van der Waals surface area contributed by atoms with E-state index in [0.717, 1.165) is 44.3 Å². The van der Waals surface area contributed by atoms with E-state index in [4.69, 9.17) is 5.73 Å². The molecular weight excluding hydrogens is 321 g/mol. The topological polar surface area (TPSA) is 77.0 Å². The van der Waals surface area contributed by atoms with Crippen LogP contribution in [-0.4, -0.2) is 45.4 Å². The molecule has 1 atom stereocenters. The predicted octanol–water partition coefficient (Wildman–Crippen LogP) is 1.86. The molecule has 1 unspecified atom stereocenters. The van der Waals surface area contributed by atoms with Crippen molar-refractivity contribution in [3.63, 3.8) is 0 Å². The van der Waals surface area contributed by atoms with Crippen molar-refractivity contribution in [1.82, 2.24) is 19.9 Å². The predicted molar refractivity (Wildman–Crippen MR) is 92.4 cm³/mol. The largest absolute Gasteiger partial charge is 0.337 e. The Morgan fingerprint density at radius 1 is 1.32 bits per heavy atom. The van der Waals surface area contributed by atoms with Crippen LogP contribution in [0.25, 0.3) is 0 Å². The number of amides is 1. The van der Waals surface area contributed by atoms with Crippen molar-refractivity contribution in [2.75, 3.05) is 19.6 Å². The lowest BCUT2D eigenvalue weighted by molar-refractivity contribution is 0.0662. The number of likely N-dealkylation sites (tertiary alicyclic amines) is 1. The summed E-state index contributed by atoms with van der Waals surface area (Å²) in [5.41, 5.74) is 7.01. The standard InChI is InChI=1S/C18H24FN5O/c19-16-7-5-14(6-8-16)3-4-15-2-1-10-23(12-15)18(25)17-13-24(11-9-20)22-21-17/h5-8,13,15H,1-4,9-12,20H2. The van der Waals surface area contributed by atoms with Gasteiger partial charge in [0.2, 0.25) is 0 Å². The molecule has 1 saturated heterocycles. The van der Waals surface area contributed by atoms with Crippen LogP contribution in [0.4, 0.5) is 4.39 Å². The number of aryl methyl sites for hydroxylation is 1. The van der Waals surface area contributed by atoms with Gasteiger partial charge in [0.1, 0.15) is 5.82 Å². The highest BCUT2D eigenvalue weighted by Crippen LogP contribution is 2.22. The number of hydrogen-bond acceptors (Lipinski definition) is 4. The van der Waals surface area contributed by atoms with E-state index in [1.165, 1.54) is 12.1 Å². The van der Waals surface area contributed by atoms with Crippen LogP contribution in [-0.2, 0) is 13.0 Å². The molecule has 1 fully saturated rings. The third kappa shape index (κ3) is 4.63. The molecule has 0 bridgehead atoms. The molecule has 3 rings (SSSR count). The van der Waals surface area contributed by atoms with E-state index in [2.05, 4.69) is 10.3 Å². The zero-order valence-corrected chi connectivity index (χ0v) is 14.3. The van der Waals surface area contributed by atoms with E-state index in [1.54, 1.807) is 10.9 Å². The Morgan fingerprint density at radius 2 is 2.12 bits per heavy atom. The van der Waals surface area contributed by atoms with Crippen LogP contribution in [0.15, 0.2) is 30.5 Å². The Balaban J connectivity index is 1.54. The van der Waals surface area contributed by atoms with Crippen LogP contribution in [0.5, 0.6) is 0 Å². The van der Waals surface area contributed by atoms with E-state index < -0.39 is 0 Å². The fraction of sp³-hybridized carbons (Fsp3) is 0.500. The fourth-order valence-electron chi connectivity index (χ4n) is 3.31. The van der Waals surface area contributed by atoms with Crippen molar-refractivity contribution >= 4 is 5.91 Å². The number of rotatable bonds is 6. The molecule has 1 amide bonds. The molecule has 1 aromatic heterocycles. The van der Waals surface area contributed by atoms with Gasteiger partial charge in [-0.3, -0.25) is 9.48 Å². The van der Waals surface area contributed by atoms with Gasteiger partial charge in [-0.15, -0.1) is 5.10 Å². The summed E-state index contributed by atoms with van der Waals surface area (Å²) in [6.07, 6.45) is 5.67. The number of nitrogens with two attached hydrogens (primary N) is 1. The highest BCUT2D eigenvalue weighted by atomic mass is 19.1. The van der Waals surface area contributed by atoms with Crippen LogP contribution in [0.3, 0.4) is 0 Å². The van der Waals surface area contributed by atoms with Gasteiger partial charge in [0, 0.05) is 19.6 Å². The first-order valence-electron chi connectivity index (χ1n) is 8.79. The molecule has 134 valence electrons. The Kier molecular flexibility index (Phi) is 5.75. The lowest BCUT2D eigenvalue weighted by Gasteiger charge is -2.32. The Hall–Kier alpha value is -2.28. The number of piperidine rings is 1. The minimum Gasteiger partial charge on any atom is -0.337 e. The van der Waals surface area contributed by atoms with Gasteiger partial charge >= 0.3 is 0 Å². The first kappa shape index (κ1) is 17.5. The number of benzene rings is 1. The number of hydrogen-bond donors (Lipinski definition) is 1. The summed E-state index contributed by atoms with van der Waals surface area (Å²) in [5.74, 6) is 0.192. The SMILES string of the molecule is NCCn1cc(C(=O)N2CCCC(CCc3ccc(F)cc3)C2)nn1. The highest BCUT2D eigenvalue weighted by Gasteiger charge is 2.26. The maximum Gasteiger partial charge on any atom is 0.276 e. The van der Waals surface area contributed by atoms with Gasteiger partial charge in [-0.05, 0) is 49.3 Å². The molecule has 0 saturated carbocycles. The first-order chi connectivity index (χ1) is 12.2. The van der Waals surface area contributed by atoms with Crippen molar-refractivity contribution in [1.29, 1.82) is 0 Å². The van der Waals surface area contributed by atoms with Crippen LogP contribution < -0.4 is 5.73 Å². The van der Waals surface area contributed by atoms with Crippen molar-refractivity contribution in [2.45, 2.75) is 32.2 Å². The number of aromatic nitrogens is 3. The van der Waals surface area contributed by atoms with Gasteiger partial charge in [0.15, 0.2) is 5.69 Å². The zero-order chi connectivity index (χ0) is 17.6. The van der Waals surface area contributed by atoms with Crippen LogP contribution >= 0.6 is 0 Å². The molecule has 2 aromatic rings. The van der Waals surface area contributed by atoms with E-state index in [-0.39, 0.29) is 11.7 Å². The summed E-state index contributed by atoms with van der Waals surface area (Å²) >= 11 is 0. The smallest absolute Gasteiger partial charge is 0.276 e. The molecule has 1 aliphatic rings. The molecule has 2 heterocycles. The Morgan fingerprint density at radius 3 is 2.88 bits per heavy atom. The molecule has 2 N–H and O–H groups in total. The van der Waals surface area contributed by atoms with Gasteiger partial charge in [0.05, 0.1) is 12.7 Å². The lowest BCUT2D eigenvalue weighted by atomic mass is 9.91. The summed E-state index contributed by atoms with van der Waals surface area (Å²) in [7, 11) is 0. The van der Waals surface area contributed by atoms with Crippen molar-refractivity contribution in [3.05, 3.63) is 47.5 Å². The van der Waals surface area contributed by atoms with E-state index in [9.17, 15) is 9.18 Å². The van der Waals surface area contributed by atoms with E-state index in [1.807, 2.05) is 17.0 Å². The number of carbonyl (C=O) groups excluding carboxylic acids is 1. The van der Waals surface area contributed by atoms with Crippen molar-refractivity contribution in [2.24, 2.45) is 11.7 Å². The molecule has 0 radical (unpaired) electrons. The third-order valence-electron chi connectivity index (χ3n) is 4.68. The van der Waals surface area contributed by atoms with Crippen LogP contribution in [0, 0.1) is 11.7 Å². The average molecular weight is 345 g/mol. The summed E-state index contributed by atoms with van der Waals surface area (Å²) in [6, 6.07) is 6.65. The molecular formula is C18H24FN5O. The Labute approximate surface area is 146 Å². The van der Waals surface area contributed by atoms with Gasteiger partial charge in [0.25, 0.3) is 5.91 Å². The molecule has 1 aromatic carbocycles. The minimum absolute atomic E-state index is 0.0604. The molecule has 25 heavy (non-hydrogen) atoms. The monoisotopic (exact) mass is 345 g/mol. The van der Waals surface area contributed by atoms with Gasteiger partial charge in [-0.25, -0.2) is 4.39 Å². The summed E-state index contributed by atoms with van der Waals surface area (Å²) in [6.45, 7) is 2.52. The minimum atomic E-state index is -0.208. The van der Waals surface area contributed by atoms with Gasteiger partial charge in [-0.2, -0.15) is 0 Å². The zero-order valence-electron chi connectivity index (χ0n) is 14.3. The lowest BCUT2D eigenvalue weighted by Crippen LogP contribution is -2.40. The second-order valence-corrected chi connectivity index (χ2v) is 6.58. The molecule has 1 aliphatic heterocycles. The maximum atomic E-state index is 13.0. The van der Waals surface area contributed by atoms with Gasteiger partial charge < -0.3 is 10.6 Å². The Bertz CT molecular complexity index is 700. The number of carbonyl (C=O) groups is 1. The van der Waals surface area contributed by atoms with Crippen molar-refractivity contribution < 1.29 is 9.18 Å². The summed E-state index contributed by atoms with van der Waals surface area (Å²) in [5, 5.41) is 7.90. The van der Waals surface area contributed by atoms with Crippen molar-refractivity contribution in [3.8, 4) is 0 Å². The van der Waals surface area contributed by atoms with E-state index in [0.29, 0.717) is 24.7 Å². The average Bonchev–Trinajstić information content (AvgIpc) is 3.10. The number of nitrogens with zero attached hydrogens (tertiary/aromatic N) is 4. The van der Waals surface area contributed by atoms with Crippen LogP contribution in [0.1, 0.15) is 35.3 Å². The normalized spacial score (nSPS) is 17.7. The molecule has 6 nitrogen and oxygen atoms in total. The third-order valence-corrected chi connectivity index (χ3v) is 4.68. The maximum absolute atomic E-state index is 13.0. The van der Waals surface area contributed by atoms with Crippen LogP contribution in [0.2, 0.25) is 0 Å². The first-order valence-corrected chi connectivity index (χ1v) is 8.79. The summed E-state index contributed by atoms with van der Waals surface area (Å²) < 4.78 is 14.6. The fourth-order valence-corrected chi connectivity index (χ4v) is 3.31. The van der Waals surface area contributed by atoms with Gasteiger partial charge in [-0.1, -0.05) is 17.3 Å². The number of halogens is 1. The molecule has 0 aliphatic carbocycles.